The van der Waals surface area contributed by atoms with Crippen molar-refractivity contribution in [3.05, 3.63) is 70.8 Å². The number of likely N-dealkylation sites (tertiary alicyclic amines) is 1. The van der Waals surface area contributed by atoms with Gasteiger partial charge >= 0.3 is 6.18 Å². The quantitative estimate of drug-likeness (QED) is 0.842. The minimum Gasteiger partial charge on any atom is -0.380 e. The van der Waals surface area contributed by atoms with Gasteiger partial charge in [0.25, 0.3) is 5.91 Å². The molecule has 0 spiro atoms. The Morgan fingerprint density at radius 3 is 2.38 bits per heavy atom. The van der Waals surface area contributed by atoms with Crippen molar-refractivity contribution in [3.8, 4) is 0 Å². The Morgan fingerprint density at radius 1 is 1.07 bits per heavy atom. The van der Waals surface area contributed by atoms with Crippen LogP contribution in [0.4, 0.5) is 13.2 Å². The number of hydrogen-bond acceptors (Lipinski definition) is 3. The summed E-state index contributed by atoms with van der Waals surface area (Å²) in [7, 11) is 0. The molecule has 0 saturated carbocycles. The molecule has 29 heavy (non-hydrogen) atoms. The molecule has 7 heteroatoms. The monoisotopic (exact) mass is 405 g/mol. The standard InChI is InChI=1S/C22H22F3NO3/c23-22(24,25)19-6-1-3-16(11-19)15-7-9-26(10-8-15)20(27)17-4-2-5-18(12-17)21(28)13-29-14-21/h1-6,11-12,15,28H,7-10,13-14H2. The van der Waals surface area contributed by atoms with Gasteiger partial charge in [-0.15, -0.1) is 0 Å². The first kappa shape index (κ1) is 19.9. The molecule has 154 valence electrons. The van der Waals surface area contributed by atoms with E-state index < -0.39 is 17.3 Å². The van der Waals surface area contributed by atoms with E-state index in [1.807, 2.05) is 0 Å². The molecule has 0 unspecified atom stereocenters. The van der Waals surface area contributed by atoms with Gasteiger partial charge in [-0.3, -0.25) is 4.79 Å². The Morgan fingerprint density at radius 2 is 1.76 bits per heavy atom. The maximum atomic E-state index is 13.0. The molecule has 0 aromatic heterocycles. The number of rotatable bonds is 3. The lowest BCUT2D eigenvalue weighted by Crippen LogP contribution is -2.46. The SMILES string of the molecule is O=C(c1cccc(C2(O)COC2)c1)N1CCC(c2cccc(C(F)(F)F)c2)CC1. The van der Waals surface area contributed by atoms with Gasteiger partial charge in [-0.25, -0.2) is 0 Å². The van der Waals surface area contributed by atoms with Crippen LogP contribution in [-0.2, 0) is 16.5 Å². The van der Waals surface area contributed by atoms with Gasteiger partial charge in [0.15, 0.2) is 0 Å². The summed E-state index contributed by atoms with van der Waals surface area (Å²) in [6.45, 7) is 1.40. The highest BCUT2D eigenvalue weighted by atomic mass is 19.4. The third kappa shape index (κ3) is 4.02. The molecule has 0 atom stereocenters. The first-order valence-corrected chi connectivity index (χ1v) is 9.63. The predicted octanol–water partition coefficient (Wildman–Crippen LogP) is 3.94. The number of aliphatic hydroxyl groups is 1. The van der Waals surface area contributed by atoms with Crippen molar-refractivity contribution in [2.45, 2.75) is 30.5 Å². The summed E-state index contributed by atoms with van der Waals surface area (Å²) < 4.78 is 44.0. The Labute approximate surface area is 166 Å². The molecule has 2 aliphatic rings. The second kappa shape index (κ2) is 7.46. The van der Waals surface area contributed by atoms with E-state index in [9.17, 15) is 23.1 Å². The second-order valence-electron chi connectivity index (χ2n) is 7.79. The molecule has 2 aromatic carbocycles. The molecule has 0 aliphatic carbocycles. The molecule has 2 heterocycles. The number of carbonyl (C=O) groups is 1. The summed E-state index contributed by atoms with van der Waals surface area (Å²) in [6.07, 6.45) is -3.12. The number of halogens is 3. The van der Waals surface area contributed by atoms with Crippen LogP contribution in [0.3, 0.4) is 0 Å². The van der Waals surface area contributed by atoms with Crippen molar-refractivity contribution in [1.82, 2.24) is 4.90 Å². The van der Waals surface area contributed by atoms with Crippen molar-refractivity contribution in [2.75, 3.05) is 26.3 Å². The summed E-state index contributed by atoms with van der Waals surface area (Å²) in [5, 5.41) is 10.4. The van der Waals surface area contributed by atoms with E-state index in [1.54, 1.807) is 35.2 Å². The van der Waals surface area contributed by atoms with Gasteiger partial charge < -0.3 is 14.7 Å². The normalized spacial score (nSPS) is 19.7. The lowest BCUT2D eigenvalue weighted by molar-refractivity contribution is -0.184. The van der Waals surface area contributed by atoms with Gasteiger partial charge in [-0.1, -0.05) is 30.3 Å². The van der Waals surface area contributed by atoms with Crippen molar-refractivity contribution >= 4 is 5.91 Å². The van der Waals surface area contributed by atoms with Crippen LogP contribution in [-0.4, -0.2) is 42.2 Å². The molecule has 2 fully saturated rings. The fourth-order valence-corrected chi connectivity index (χ4v) is 3.97. The summed E-state index contributed by atoms with van der Waals surface area (Å²) >= 11 is 0. The van der Waals surface area contributed by atoms with Crippen LogP contribution in [0.15, 0.2) is 48.5 Å². The maximum Gasteiger partial charge on any atom is 0.416 e. The zero-order chi connectivity index (χ0) is 20.6. The van der Waals surface area contributed by atoms with E-state index in [0.717, 1.165) is 6.07 Å². The largest absolute Gasteiger partial charge is 0.416 e. The van der Waals surface area contributed by atoms with Gasteiger partial charge in [0, 0.05) is 18.7 Å². The van der Waals surface area contributed by atoms with E-state index in [-0.39, 0.29) is 25.0 Å². The minimum absolute atomic E-state index is 0.000482. The number of piperidine rings is 1. The maximum absolute atomic E-state index is 13.0. The first-order chi connectivity index (χ1) is 13.8. The number of amides is 1. The van der Waals surface area contributed by atoms with Gasteiger partial charge in [0.05, 0.1) is 18.8 Å². The Balaban J connectivity index is 1.42. The topological polar surface area (TPSA) is 49.8 Å². The molecule has 1 amide bonds. The van der Waals surface area contributed by atoms with Gasteiger partial charge in [-0.05, 0) is 48.1 Å². The Kier molecular flexibility index (Phi) is 5.12. The molecule has 2 aromatic rings. The molecule has 0 radical (unpaired) electrons. The van der Waals surface area contributed by atoms with E-state index in [1.165, 1.54) is 12.1 Å². The highest BCUT2D eigenvalue weighted by Crippen LogP contribution is 2.35. The zero-order valence-electron chi connectivity index (χ0n) is 15.8. The van der Waals surface area contributed by atoms with E-state index in [2.05, 4.69) is 0 Å². The van der Waals surface area contributed by atoms with Crippen molar-refractivity contribution in [2.24, 2.45) is 0 Å². The molecular weight excluding hydrogens is 383 g/mol. The Bertz CT molecular complexity index is 900. The number of alkyl halides is 3. The number of ether oxygens (including phenoxy) is 1. The predicted molar refractivity (Wildman–Crippen MR) is 100 cm³/mol. The highest BCUT2D eigenvalue weighted by Gasteiger charge is 2.38. The van der Waals surface area contributed by atoms with Crippen molar-refractivity contribution in [1.29, 1.82) is 0 Å². The Hall–Kier alpha value is -2.38. The van der Waals surface area contributed by atoms with Crippen LogP contribution >= 0.6 is 0 Å². The number of hydrogen-bond donors (Lipinski definition) is 1. The van der Waals surface area contributed by atoms with Crippen LogP contribution in [0.2, 0.25) is 0 Å². The van der Waals surface area contributed by atoms with E-state index >= 15 is 0 Å². The molecule has 1 N–H and O–H groups in total. The van der Waals surface area contributed by atoms with Crippen LogP contribution in [0.1, 0.15) is 45.8 Å². The minimum atomic E-state index is -4.35. The highest BCUT2D eigenvalue weighted by molar-refractivity contribution is 5.94. The lowest BCUT2D eigenvalue weighted by Gasteiger charge is -2.37. The molecule has 0 bridgehead atoms. The van der Waals surface area contributed by atoms with Gasteiger partial charge in [0.2, 0.25) is 0 Å². The molecule has 2 aliphatic heterocycles. The van der Waals surface area contributed by atoms with Crippen LogP contribution in [0.25, 0.3) is 0 Å². The zero-order valence-corrected chi connectivity index (χ0v) is 15.8. The molecule has 2 saturated heterocycles. The van der Waals surface area contributed by atoms with E-state index in [0.29, 0.717) is 42.6 Å². The number of benzene rings is 2. The fraction of sp³-hybridized carbons (Fsp3) is 0.409. The third-order valence-electron chi connectivity index (χ3n) is 5.80. The van der Waals surface area contributed by atoms with Gasteiger partial charge in [-0.2, -0.15) is 13.2 Å². The summed E-state index contributed by atoms with van der Waals surface area (Å²) in [4.78, 5) is 14.6. The smallest absolute Gasteiger partial charge is 0.380 e. The average molecular weight is 405 g/mol. The summed E-state index contributed by atoms with van der Waals surface area (Å²) in [5.41, 5.74) is 0.158. The molecular formula is C22H22F3NO3. The van der Waals surface area contributed by atoms with E-state index in [4.69, 9.17) is 4.74 Å². The average Bonchev–Trinajstić information content (AvgIpc) is 2.71. The molecule has 4 rings (SSSR count). The third-order valence-corrected chi connectivity index (χ3v) is 5.80. The van der Waals surface area contributed by atoms with Crippen LogP contribution < -0.4 is 0 Å². The lowest BCUT2D eigenvalue weighted by atomic mass is 9.88. The second-order valence-corrected chi connectivity index (χ2v) is 7.79. The number of nitrogens with zero attached hydrogens (tertiary/aromatic N) is 1. The van der Waals surface area contributed by atoms with Crippen molar-refractivity contribution in [3.63, 3.8) is 0 Å². The molecule has 4 nitrogen and oxygen atoms in total. The first-order valence-electron chi connectivity index (χ1n) is 9.63. The van der Waals surface area contributed by atoms with Crippen LogP contribution in [0.5, 0.6) is 0 Å². The summed E-state index contributed by atoms with van der Waals surface area (Å²) in [6, 6.07) is 12.4. The van der Waals surface area contributed by atoms with Crippen molar-refractivity contribution < 1.29 is 27.8 Å². The number of carbonyl (C=O) groups excluding carboxylic acids is 1. The van der Waals surface area contributed by atoms with Crippen LogP contribution in [0, 0.1) is 0 Å². The fourth-order valence-electron chi connectivity index (χ4n) is 3.97. The van der Waals surface area contributed by atoms with Gasteiger partial charge in [0.1, 0.15) is 5.60 Å². The summed E-state index contributed by atoms with van der Waals surface area (Å²) in [5.74, 6) is -0.126.